The van der Waals surface area contributed by atoms with Gasteiger partial charge in [-0.3, -0.25) is 4.99 Å². The van der Waals surface area contributed by atoms with Crippen LogP contribution in [0.2, 0.25) is 0 Å². The lowest BCUT2D eigenvalue weighted by molar-refractivity contribution is 0.797. The number of hydrogen-bond donors (Lipinski definition) is 0. The molecule has 1 aliphatic heterocycles. The van der Waals surface area contributed by atoms with Gasteiger partial charge < -0.3 is 0 Å². The van der Waals surface area contributed by atoms with Crippen molar-refractivity contribution >= 4 is 33.1 Å². The second kappa shape index (κ2) is 11.9. The van der Waals surface area contributed by atoms with Gasteiger partial charge in [-0.1, -0.05) is 121 Å². The maximum atomic E-state index is 5.30. The van der Waals surface area contributed by atoms with Crippen LogP contribution in [0.1, 0.15) is 41.5 Å². The Morgan fingerprint density at radius 1 is 0.587 bits per heavy atom. The highest BCUT2D eigenvalue weighted by Crippen LogP contribution is 2.38. The normalized spacial score (nSPS) is 16.3. The van der Waals surface area contributed by atoms with E-state index in [-0.39, 0.29) is 6.04 Å². The number of aryl methyl sites for hydroxylation is 2. The van der Waals surface area contributed by atoms with Gasteiger partial charge in [-0.15, -0.1) is 0 Å². The van der Waals surface area contributed by atoms with E-state index in [0.29, 0.717) is 0 Å². The molecule has 6 aromatic rings. The van der Waals surface area contributed by atoms with Gasteiger partial charge in [0, 0.05) is 12.0 Å². The molecule has 2 aliphatic rings. The molecule has 222 valence electrons. The molecule has 1 unspecified atom stereocenters. The fourth-order valence-electron chi connectivity index (χ4n) is 7.10. The number of amidine groups is 1. The van der Waals surface area contributed by atoms with Crippen LogP contribution in [0.5, 0.6) is 0 Å². The van der Waals surface area contributed by atoms with Gasteiger partial charge in [0.15, 0.2) is 5.84 Å². The SMILES string of the molecule is Cc1ccc(-c2cc(C3=NC(c4ccccc4)=NC(C4=CCCC=C4)C3)cc(-c3cc4ccccc4c4ccccc34)c2)c(C)c1. The summed E-state index contributed by atoms with van der Waals surface area (Å²) in [6.45, 7) is 4.38. The summed E-state index contributed by atoms with van der Waals surface area (Å²) < 4.78 is 0. The molecule has 2 nitrogen and oxygen atoms in total. The van der Waals surface area contributed by atoms with Gasteiger partial charge in [0.1, 0.15) is 0 Å². The highest BCUT2D eigenvalue weighted by molar-refractivity contribution is 6.17. The number of benzene rings is 6. The van der Waals surface area contributed by atoms with E-state index in [1.807, 2.05) is 0 Å². The molecule has 0 fully saturated rings. The van der Waals surface area contributed by atoms with Gasteiger partial charge in [-0.05, 0) is 111 Å². The first kappa shape index (κ1) is 28.2. The first-order chi connectivity index (χ1) is 22.6. The second-order valence-electron chi connectivity index (χ2n) is 12.6. The van der Waals surface area contributed by atoms with Crippen molar-refractivity contribution in [3.8, 4) is 22.3 Å². The molecule has 0 spiro atoms. The molecule has 2 heteroatoms. The lowest BCUT2D eigenvalue weighted by Gasteiger charge is -2.24. The molecule has 6 aromatic carbocycles. The zero-order valence-electron chi connectivity index (χ0n) is 26.4. The highest BCUT2D eigenvalue weighted by Gasteiger charge is 2.24. The van der Waals surface area contributed by atoms with Crippen molar-refractivity contribution in [1.82, 2.24) is 0 Å². The largest absolute Gasteiger partial charge is 0.258 e. The third kappa shape index (κ3) is 5.31. The summed E-state index contributed by atoms with van der Waals surface area (Å²) in [5, 5.41) is 5.07. The molecule has 1 aliphatic carbocycles. The summed E-state index contributed by atoms with van der Waals surface area (Å²) in [6, 6.07) is 44.2. The Morgan fingerprint density at radius 2 is 1.30 bits per heavy atom. The number of allylic oxidation sites excluding steroid dienone is 2. The van der Waals surface area contributed by atoms with Crippen molar-refractivity contribution in [3.63, 3.8) is 0 Å². The van der Waals surface area contributed by atoms with Crippen LogP contribution in [0.4, 0.5) is 0 Å². The maximum absolute atomic E-state index is 5.30. The lowest BCUT2D eigenvalue weighted by Crippen LogP contribution is -2.23. The predicted molar refractivity (Wildman–Crippen MR) is 196 cm³/mol. The maximum Gasteiger partial charge on any atom is 0.155 e. The van der Waals surface area contributed by atoms with Gasteiger partial charge in [0.05, 0.1) is 11.8 Å². The molecular formula is C44H36N2. The van der Waals surface area contributed by atoms with E-state index in [1.54, 1.807) is 0 Å². The fraction of sp³-hybridized carbons (Fsp3) is 0.136. The van der Waals surface area contributed by atoms with Crippen LogP contribution in [0.15, 0.2) is 155 Å². The van der Waals surface area contributed by atoms with Crippen molar-refractivity contribution < 1.29 is 0 Å². The molecule has 0 bridgehead atoms. The average molecular weight is 593 g/mol. The lowest BCUT2D eigenvalue weighted by atomic mass is 9.87. The Hall–Kier alpha value is -5.34. The first-order valence-corrected chi connectivity index (χ1v) is 16.3. The van der Waals surface area contributed by atoms with Crippen LogP contribution in [0, 0.1) is 13.8 Å². The van der Waals surface area contributed by atoms with Crippen LogP contribution in [0.25, 0.3) is 43.8 Å². The third-order valence-electron chi connectivity index (χ3n) is 9.38. The minimum atomic E-state index is 0.0361. The van der Waals surface area contributed by atoms with Gasteiger partial charge in [0.25, 0.3) is 0 Å². The van der Waals surface area contributed by atoms with Crippen molar-refractivity contribution in [2.24, 2.45) is 9.98 Å². The van der Waals surface area contributed by atoms with Gasteiger partial charge in [-0.2, -0.15) is 0 Å². The zero-order chi connectivity index (χ0) is 31.0. The molecule has 0 aromatic heterocycles. The van der Waals surface area contributed by atoms with Crippen molar-refractivity contribution in [3.05, 3.63) is 167 Å². The molecule has 0 amide bonds. The fourth-order valence-corrected chi connectivity index (χ4v) is 7.10. The van der Waals surface area contributed by atoms with E-state index >= 15 is 0 Å². The molecule has 8 rings (SSSR count). The minimum absolute atomic E-state index is 0.0361. The number of nitrogens with zero attached hydrogens (tertiary/aromatic N) is 2. The number of hydrogen-bond acceptors (Lipinski definition) is 2. The Morgan fingerprint density at radius 3 is 2.09 bits per heavy atom. The second-order valence-corrected chi connectivity index (χ2v) is 12.6. The van der Waals surface area contributed by atoms with E-state index in [9.17, 15) is 0 Å². The Bertz CT molecular complexity index is 2250. The van der Waals surface area contributed by atoms with Gasteiger partial charge in [-0.25, -0.2) is 4.99 Å². The molecule has 46 heavy (non-hydrogen) atoms. The van der Waals surface area contributed by atoms with Crippen molar-refractivity contribution in [1.29, 1.82) is 0 Å². The van der Waals surface area contributed by atoms with E-state index in [0.717, 1.165) is 41.9 Å². The summed E-state index contributed by atoms with van der Waals surface area (Å²) >= 11 is 0. The van der Waals surface area contributed by atoms with Crippen LogP contribution in [-0.4, -0.2) is 17.6 Å². The average Bonchev–Trinajstić information content (AvgIpc) is 3.11. The monoisotopic (exact) mass is 592 g/mol. The molecule has 0 saturated heterocycles. The predicted octanol–water partition coefficient (Wildman–Crippen LogP) is 11.2. The molecular weight excluding hydrogens is 556 g/mol. The van der Waals surface area contributed by atoms with E-state index in [4.69, 9.17) is 9.98 Å². The number of aliphatic imine (C=N–C) groups is 2. The topological polar surface area (TPSA) is 24.7 Å². The summed E-state index contributed by atoms with van der Waals surface area (Å²) in [4.78, 5) is 10.5. The number of fused-ring (bicyclic) bond motifs is 3. The standard InChI is InChI=1S/C44H36N2/c1-29-21-22-37(30(2)23-29)34-24-35(41-27-33-17-9-10-18-38(33)39-19-11-12-20-40(39)41)26-36(25-34)43-28-42(31-13-5-3-6-14-31)45-44(46-43)32-15-7-4-8-16-32/h4-5,7-27,42H,3,6,28H2,1-2H3. The van der Waals surface area contributed by atoms with Crippen LogP contribution in [0.3, 0.4) is 0 Å². The van der Waals surface area contributed by atoms with Gasteiger partial charge in [0.2, 0.25) is 0 Å². The number of rotatable bonds is 5. The molecule has 0 N–H and O–H groups in total. The first-order valence-electron chi connectivity index (χ1n) is 16.3. The molecule has 0 saturated carbocycles. The van der Waals surface area contributed by atoms with Crippen LogP contribution in [-0.2, 0) is 0 Å². The quantitative estimate of drug-likeness (QED) is 0.178. The smallest absolute Gasteiger partial charge is 0.155 e. The van der Waals surface area contributed by atoms with E-state index in [2.05, 4.69) is 153 Å². The van der Waals surface area contributed by atoms with Crippen LogP contribution < -0.4 is 0 Å². The minimum Gasteiger partial charge on any atom is -0.258 e. The van der Waals surface area contributed by atoms with Crippen molar-refractivity contribution in [2.45, 2.75) is 39.2 Å². The summed E-state index contributed by atoms with van der Waals surface area (Å²) in [7, 11) is 0. The van der Waals surface area contributed by atoms with E-state index in [1.165, 1.54) is 60.5 Å². The molecule has 1 heterocycles. The summed E-state index contributed by atoms with van der Waals surface area (Å²) in [6.07, 6.45) is 9.82. The highest BCUT2D eigenvalue weighted by atomic mass is 15.0. The summed E-state index contributed by atoms with van der Waals surface area (Å²) in [5.41, 5.74) is 12.0. The Kier molecular flexibility index (Phi) is 7.27. The Labute approximate surface area is 271 Å². The van der Waals surface area contributed by atoms with Crippen LogP contribution >= 0.6 is 0 Å². The Balaban J connectivity index is 1.36. The molecule has 1 atom stereocenters. The van der Waals surface area contributed by atoms with Crippen molar-refractivity contribution in [2.75, 3.05) is 0 Å². The van der Waals surface area contributed by atoms with Gasteiger partial charge >= 0.3 is 0 Å². The molecule has 0 radical (unpaired) electrons. The summed E-state index contributed by atoms with van der Waals surface area (Å²) in [5.74, 6) is 0.807. The third-order valence-corrected chi connectivity index (χ3v) is 9.38. The van der Waals surface area contributed by atoms with E-state index < -0.39 is 0 Å². The zero-order valence-corrected chi connectivity index (χ0v) is 26.4.